The Morgan fingerprint density at radius 3 is 2.17 bits per heavy atom. The largest absolute Gasteiger partial charge is 0.326 e. The third kappa shape index (κ3) is 4.55. The van der Waals surface area contributed by atoms with E-state index in [4.69, 9.17) is 0 Å². The molecule has 2 atom stereocenters. The van der Waals surface area contributed by atoms with Crippen LogP contribution in [0.4, 0.5) is 0 Å². The molecule has 0 aliphatic carbocycles. The van der Waals surface area contributed by atoms with Crippen molar-refractivity contribution in [3.8, 4) is 0 Å². The van der Waals surface area contributed by atoms with Crippen LogP contribution >= 0.6 is 0 Å². The molecule has 0 aliphatic heterocycles. The summed E-state index contributed by atoms with van der Waals surface area (Å²) >= 11 is 0. The van der Waals surface area contributed by atoms with Crippen molar-refractivity contribution in [3.63, 3.8) is 0 Å². The van der Waals surface area contributed by atoms with Gasteiger partial charge in [0, 0.05) is 6.04 Å². The van der Waals surface area contributed by atoms with E-state index < -0.39 is 27.3 Å². The number of aromatic nitrogens is 2. The lowest BCUT2D eigenvalue weighted by molar-refractivity contribution is 0.463. The Bertz CT molecular complexity index is 1260. The highest BCUT2D eigenvalue weighted by Crippen LogP contribution is 2.27. The van der Waals surface area contributed by atoms with Crippen molar-refractivity contribution in [1.82, 2.24) is 14.7 Å². The van der Waals surface area contributed by atoms with Crippen LogP contribution in [0.2, 0.25) is 0 Å². The van der Waals surface area contributed by atoms with Gasteiger partial charge in [-0.25, -0.2) is 17.9 Å². The number of rotatable bonds is 7. The van der Waals surface area contributed by atoms with Crippen LogP contribution in [0.3, 0.4) is 0 Å². The number of nitrogens with one attached hydrogen (secondary N) is 3. The average molecular weight is 430 g/mol. The van der Waals surface area contributed by atoms with Gasteiger partial charge in [-0.1, -0.05) is 52.0 Å². The van der Waals surface area contributed by atoms with Gasteiger partial charge >= 0.3 is 5.69 Å². The SMILES string of the molecule is CC[C@@H](C)c1ccc([C@H](NS(=O)(=O)c2ccc3[nH]c(=O)[nH]c(=O)c3c2)C(C)C)cc1. The highest BCUT2D eigenvalue weighted by Gasteiger charge is 2.24. The minimum atomic E-state index is -3.90. The van der Waals surface area contributed by atoms with Crippen molar-refractivity contribution < 1.29 is 8.42 Å². The first-order valence-corrected chi connectivity index (χ1v) is 11.5. The number of aromatic amines is 2. The molecule has 2 aromatic carbocycles. The summed E-state index contributed by atoms with van der Waals surface area (Å²) in [6.07, 6.45) is 1.03. The van der Waals surface area contributed by atoms with Crippen molar-refractivity contribution in [2.45, 2.75) is 51.0 Å². The van der Waals surface area contributed by atoms with Gasteiger partial charge in [-0.3, -0.25) is 9.78 Å². The lowest BCUT2D eigenvalue weighted by atomic mass is 9.93. The number of sulfonamides is 1. The summed E-state index contributed by atoms with van der Waals surface area (Å²) in [5.74, 6) is 0.449. The van der Waals surface area contributed by atoms with Crippen molar-refractivity contribution in [2.24, 2.45) is 5.92 Å². The number of hydrogen-bond donors (Lipinski definition) is 3. The molecular formula is C22H27N3O4S. The Labute approximate surface area is 175 Å². The molecule has 3 rings (SSSR count). The Morgan fingerprint density at radius 1 is 0.933 bits per heavy atom. The zero-order valence-corrected chi connectivity index (χ0v) is 18.3. The molecule has 0 amide bonds. The highest BCUT2D eigenvalue weighted by atomic mass is 32.2. The molecule has 0 radical (unpaired) electrons. The van der Waals surface area contributed by atoms with E-state index in [1.54, 1.807) is 0 Å². The Kier molecular flexibility index (Phi) is 6.28. The standard InChI is InChI=1S/C22H27N3O4S/c1-5-14(4)15-6-8-16(9-7-15)20(13(2)3)25-30(28,29)17-10-11-19-18(12-17)21(26)24-22(27)23-19/h6-14,20,25H,5H2,1-4H3,(H2,23,24,26,27)/t14-,20-/m1/s1. The van der Waals surface area contributed by atoms with E-state index in [9.17, 15) is 18.0 Å². The molecular weight excluding hydrogens is 402 g/mol. The van der Waals surface area contributed by atoms with Crippen LogP contribution in [0.1, 0.15) is 57.2 Å². The van der Waals surface area contributed by atoms with Crippen molar-refractivity contribution in [1.29, 1.82) is 0 Å². The summed E-state index contributed by atoms with van der Waals surface area (Å²) in [6.45, 7) is 8.19. The molecule has 0 unspecified atom stereocenters. The third-order valence-electron chi connectivity index (χ3n) is 5.45. The Morgan fingerprint density at radius 2 is 1.57 bits per heavy atom. The molecule has 8 heteroatoms. The number of benzene rings is 2. The summed E-state index contributed by atoms with van der Waals surface area (Å²) < 4.78 is 28.9. The van der Waals surface area contributed by atoms with Gasteiger partial charge in [-0.2, -0.15) is 0 Å². The van der Waals surface area contributed by atoms with E-state index in [1.807, 2.05) is 38.1 Å². The van der Waals surface area contributed by atoms with Crippen molar-refractivity contribution in [2.75, 3.05) is 0 Å². The van der Waals surface area contributed by atoms with E-state index in [0.29, 0.717) is 5.92 Å². The van der Waals surface area contributed by atoms with Crippen LogP contribution in [0.25, 0.3) is 10.9 Å². The maximum atomic E-state index is 13.1. The maximum absolute atomic E-state index is 13.1. The van der Waals surface area contributed by atoms with Gasteiger partial charge in [0.25, 0.3) is 5.56 Å². The second-order valence-electron chi connectivity index (χ2n) is 7.93. The van der Waals surface area contributed by atoms with Crippen molar-refractivity contribution in [3.05, 3.63) is 74.4 Å². The monoisotopic (exact) mass is 429 g/mol. The molecule has 0 spiro atoms. The molecule has 0 fully saturated rings. The zero-order chi connectivity index (χ0) is 22.1. The predicted octanol–water partition coefficient (Wildman–Crippen LogP) is 3.41. The van der Waals surface area contributed by atoms with Gasteiger partial charge < -0.3 is 4.98 Å². The Balaban J connectivity index is 1.96. The van der Waals surface area contributed by atoms with E-state index in [0.717, 1.165) is 12.0 Å². The smallest absolute Gasteiger partial charge is 0.307 e. The normalized spacial score (nSPS) is 14.2. The van der Waals surface area contributed by atoms with E-state index in [-0.39, 0.29) is 21.7 Å². The van der Waals surface area contributed by atoms with Crippen LogP contribution in [0, 0.1) is 5.92 Å². The topological polar surface area (TPSA) is 112 Å². The first kappa shape index (κ1) is 22.0. The van der Waals surface area contributed by atoms with Gasteiger partial charge in [-0.15, -0.1) is 0 Å². The fraction of sp³-hybridized carbons (Fsp3) is 0.364. The zero-order valence-electron chi connectivity index (χ0n) is 17.5. The van der Waals surface area contributed by atoms with Crippen LogP contribution in [0.5, 0.6) is 0 Å². The molecule has 1 heterocycles. The second-order valence-corrected chi connectivity index (χ2v) is 9.65. The summed E-state index contributed by atoms with van der Waals surface area (Å²) in [7, 11) is -3.90. The third-order valence-corrected chi connectivity index (χ3v) is 6.89. The lowest BCUT2D eigenvalue weighted by Crippen LogP contribution is -2.32. The summed E-state index contributed by atoms with van der Waals surface area (Å²) in [4.78, 5) is 28.0. The van der Waals surface area contributed by atoms with Gasteiger partial charge in [-0.05, 0) is 47.6 Å². The molecule has 0 saturated carbocycles. The summed E-state index contributed by atoms with van der Waals surface area (Å²) in [6, 6.07) is 11.7. The molecule has 0 saturated heterocycles. The average Bonchev–Trinajstić information content (AvgIpc) is 2.71. The second kappa shape index (κ2) is 8.57. The fourth-order valence-corrected chi connectivity index (χ4v) is 4.80. The summed E-state index contributed by atoms with van der Waals surface area (Å²) in [5, 5.41) is 0.108. The summed E-state index contributed by atoms with van der Waals surface area (Å²) in [5.41, 5.74) is 1.11. The van der Waals surface area contributed by atoms with E-state index >= 15 is 0 Å². The number of hydrogen-bond acceptors (Lipinski definition) is 4. The van der Waals surface area contributed by atoms with Crippen LogP contribution in [0.15, 0.2) is 56.9 Å². The predicted molar refractivity (Wildman–Crippen MR) is 118 cm³/mol. The van der Waals surface area contributed by atoms with Crippen LogP contribution < -0.4 is 16.0 Å². The molecule has 3 aromatic rings. The quantitative estimate of drug-likeness (QED) is 0.534. The molecule has 0 bridgehead atoms. The molecule has 160 valence electrons. The highest BCUT2D eigenvalue weighted by molar-refractivity contribution is 7.89. The minimum Gasteiger partial charge on any atom is -0.307 e. The van der Waals surface area contributed by atoms with E-state index in [2.05, 4.69) is 28.5 Å². The van der Waals surface area contributed by atoms with Crippen LogP contribution in [-0.2, 0) is 10.0 Å². The maximum Gasteiger partial charge on any atom is 0.326 e. The lowest BCUT2D eigenvalue weighted by Gasteiger charge is -2.23. The number of H-pyrrole nitrogens is 2. The molecule has 7 nitrogen and oxygen atoms in total. The van der Waals surface area contributed by atoms with E-state index in [1.165, 1.54) is 23.8 Å². The van der Waals surface area contributed by atoms with Crippen LogP contribution in [-0.4, -0.2) is 18.4 Å². The molecule has 30 heavy (non-hydrogen) atoms. The first-order valence-electron chi connectivity index (χ1n) is 10.0. The molecule has 0 aliphatic rings. The fourth-order valence-electron chi connectivity index (χ4n) is 3.40. The van der Waals surface area contributed by atoms with Crippen molar-refractivity contribution >= 4 is 20.9 Å². The Hall–Kier alpha value is -2.71. The van der Waals surface area contributed by atoms with Gasteiger partial charge in [0.05, 0.1) is 15.8 Å². The molecule has 1 aromatic heterocycles. The van der Waals surface area contributed by atoms with Gasteiger partial charge in [0.2, 0.25) is 10.0 Å². The van der Waals surface area contributed by atoms with Gasteiger partial charge in [0.15, 0.2) is 0 Å². The molecule has 3 N–H and O–H groups in total. The minimum absolute atomic E-state index is 0.00874. The first-order chi connectivity index (χ1) is 14.1. The number of fused-ring (bicyclic) bond motifs is 1. The van der Waals surface area contributed by atoms with Gasteiger partial charge in [0.1, 0.15) is 0 Å².